The molecule has 3 nitrogen and oxygen atoms in total. The quantitative estimate of drug-likeness (QED) is 0.913. The third kappa shape index (κ3) is 4.47. The molecule has 2 aromatic carbocycles. The van der Waals surface area contributed by atoms with Gasteiger partial charge in [0.1, 0.15) is 0 Å². The highest BCUT2D eigenvalue weighted by atomic mass is 32.2. The van der Waals surface area contributed by atoms with Crippen molar-refractivity contribution >= 4 is 16.1 Å². The van der Waals surface area contributed by atoms with Crippen LogP contribution < -0.4 is 4.72 Å². The van der Waals surface area contributed by atoms with Crippen LogP contribution in [0.5, 0.6) is 0 Å². The average molecular weight is 323 g/mol. The lowest BCUT2D eigenvalue weighted by Crippen LogP contribution is -2.24. The molecule has 0 aliphatic heterocycles. The molecule has 2 aromatic rings. The lowest BCUT2D eigenvalue weighted by molar-refractivity contribution is 0.504. The minimum Gasteiger partial charge on any atom is -0.208 e. The molecule has 6 heteroatoms. The molecule has 22 heavy (non-hydrogen) atoms. The Kier molecular flexibility index (Phi) is 5.05. The normalized spacial score (nSPS) is 13.4. The minimum atomic E-state index is -3.70. The first-order valence-corrected chi connectivity index (χ1v) is 8.12. The van der Waals surface area contributed by atoms with Crippen LogP contribution in [-0.4, -0.2) is 8.42 Å². The van der Waals surface area contributed by atoms with Gasteiger partial charge in [-0.15, -0.1) is 0 Å². The minimum absolute atomic E-state index is 0.343. The van der Waals surface area contributed by atoms with Crippen LogP contribution in [0.25, 0.3) is 6.08 Å². The van der Waals surface area contributed by atoms with Gasteiger partial charge in [0, 0.05) is 11.4 Å². The molecule has 2 rings (SSSR count). The molecular weight excluding hydrogens is 308 g/mol. The summed E-state index contributed by atoms with van der Waals surface area (Å²) in [5.74, 6) is -1.98. The third-order valence-corrected chi connectivity index (χ3v) is 4.20. The van der Waals surface area contributed by atoms with Crippen molar-refractivity contribution in [2.24, 2.45) is 0 Å². The van der Waals surface area contributed by atoms with E-state index in [4.69, 9.17) is 0 Å². The predicted octanol–water partition coefficient (Wildman–Crippen LogP) is 3.62. The van der Waals surface area contributed by atoms with Gasteiger partial charge in [-0.25, -0.2) is 21.9 Å². The number of hydrogen-bond donors (Lipinski definition) is 1. The van der Waals surface area contributed by atoms with E-state index in [0.29, 0.717) is 5.56 Å². The zero-order valence-corrected chi connectivity index (χ0v) is 12.6. The molecule has 1 N–H and O–H groups in total. The van der Waals surface area contributed by atoms with E-state index >= 15 is 0 Å². The molecule has 0 aliphatic rings. The van der Waals surface area contributed by atoms with E-state index in [2.05, 4.69) is 4.72 Å². The summed E-state index contributed by atoms with van der Waals surface area (Å²) in [7, 11) is -3.70. The van der Waals surface area contributed by atoms with Crippen LogP contribution in [0, 0.1) is 11.6 Å². The molecule has 0 radical (unpaired) electrons. The van der Waals surface area contributed by atoms with Gasteiger partial charge in [0.15, 0.2) is 11.6 Å². The van der Waals surface area contributed by atoms with Crippen molar-refractivity contribution in [3.8, 4) is 0 Å². The maximum absolute atomic E-state index is 13.2. The summed E-state index contributed by atoms with van der Waals surface area (Å²) < 4.78 is 52.4. The Morgan fingerprint density at radius 1 is 1.05 bits per heavy atom. The van der Waals surface area contributed by atoms with Crippen molar-refractivity contribution in [1.29, 1.82) is 0 Å². The number of sulfonamides is 1. The van der Waals surface area contributed by atoms with Gasteiger partial charge in [-0.2, -0.15) is 0 Å². The van der Waals surface area contributed by atoms with E-state index in [1.54, 1.807) is 31.2 Å². The lowest BCUT2D eigenvalue weighted by Gasteiger charge is -2.13. The molecule has 0 saturated heterocycles. The lowest BCUT2D eigenvalue weighted by atomic mass is 10.1. The SMILES string of the molecule is CC(NS(=O)(=O)/C=C/c1ccccc1)c1ccc(F)c(F)c1. The van der Waals surface area contributed by atoms with Gasteiger partial charge >= 0.3 is 0 Å². The van der Waals surface area contributed by atoms with Gasteiger partial charge in [-0.05, 0) is 36.3 Å². The molecule has 0 bridgehead atoms. The van der Waals surface area contributed by atoms with Crippen LogP contribution in [0.1, 0.15) is 24.1 Å². The van der Waals surface area contributed by atoms with Crippen LogP contribution in [0.4, 0.5) is 8.78 Å². The standard InChI is InChI=1S/C16H15F2NO2S/c1-12(14-7-8-15(17)16(18)11-14)19-22(20,21)10-9-13-5-3-2-4-6-13/h2-12,19H,1H3/b10-9+. The number of benzene rings is 2. The van der Waals surface area contributed by atoms with Crippen molar-refractivity contribution in [3.63, 3.8) is 0 Å². The Hall–Kier alpha value is -2.05. The Morgan fingerprint density at radius 2 is 1.73 bits per heavy atom. The average Bonchev–Trinajstić information content (AvgIpc) is 2.49. The second kappa shape index (κ2) is 6.81. The van der Waals surface area contributed by atoms with Crippen molar-refractivity contribution in [3.05, 3.63) is 76.7 Å². The predicted molar refractivity (Wildman–Crippen MR) is 82.3 cm³/mol. The van der Waals surface area contributed by atoms with Gasteiger partial charge in [-0.1, -0.05) is 36.4 Å². The molecule has 0 spiro atoms. The maximum atomic E-state index is 13.2. The zero-order chi connectivity index (χ0) is 16.2. The largest absolute Gasteiger partial charge is 0.234 e. The maximum Gasteiger partial charge on any atom is 0.234 e. The van der Waals surface area contributed by atoms with Crippen LogP contribution in [0.3, 0.4) is 0 Å². The molecular formula is C16H15F2NO2S. The second-order valence-corrected chi connectivity index (χ2v) is 6.37. The smallest absolute Gasteiger partial charge is 0.208 e. The van der Waals surface area contributed by atoms with Gasteiger partial charge in [0.05, 0.1) is 0 Å². The molecule has 0 aromatic heterocycles. The Bertz CT molecular complexity index is 774. The van der Waals surface area contributed by atoms with Gasteiger partial charge in [0.25, 0.3) is 0 Å². The summed E-state index contributed by atoms with van der Waals surface area (Å²) in [5.41, 5.74) is 1.09. The van der Waals surface area contributed by atoms with E-state index in [1.165, 1.54) is 12.1 Å². The number of nitrogens with one attached hydrogen (secondary N) is 1. The number of hydrogen-bond acceptors (Lipinski definition) is 2. The Balaban J connectivity index is 2.11. The Morgan fingerprint density at radius 3 is 2.36 bits per heavy atom. The van der Waals surface area contributed by atoms with Gasteiger partial charge in [-0.3, -0.25) is 0 Å². The summed E-state index contributed by atoms with van der Waals surface area (Å²) in [6.45, 7) is 1.56. The summed E-state index contributed by atoms with van der Waals surface area (Å²) in [6, 6.07) is 11.6. The first-order chi connectivity index (χ1) is 10.4. The summed E-state index contributed by atoms with van der Waals surface area (Å²) in [4.78, 5) is 0. The van der Waals surface area contributed by atoms with Gasteiger partial charge in [0.2, 0.25) is 10.0 Å². The highest BCUT2D eigenvalue weighted by Crippen LogP contribution is 2.17. The Labute approximate surface area is 128 Å². The molecule has 1 unspecified atom stereocenters. The highest BCUT2D eigenvalue weighted by Gasteiger charge is 2.14. The molecule has 0 aliphatic carbocycles. The van der Waals surface area contributed by atoms with E-state index in [1.807, 2.05) is 6.07 Å². The van der Waals surface area contributed by atoms with Gasteiger partial charge < -0.3 is 0 Å². The van der Waals surface area contributed by atoms with Crippen LogP contribution in [0.2, 0.25) is 0 Å². The van der Waals surface area contributed by atoms with Crippen molar-refractivity contribution in [2.75, 3.05) is 0 Å². The fourth-order valence-corrected chi connectivity index (χ4v) is 2.91. The van der Waals surface area contributed by atoms with E-state index in [0.717, 1.165) is 23.1 Å². The monoisotopic (exact) mass is 323 g/mol. The van der Waals surface area contributed by atoms with E-state index in [-0.39, 0.29) is 0 Å². The fourth-order valence-electron chi connectivity index (χ4n) is 1.87. The van der Waals surface area contributed by atoms with Crippen molar-refractivity contribution in [2.45, 2.75) is 13.0 Å². The molecule has 1 atom stereocenters. The summed E-state index contributed by atoms with van der Waals surface area (Å²) in [6.07, 6.45) is 1.46. The first kappa shape index (κ1) is 16.3. The second-order valence-electron chi connectivity index (χ2n) is 4.77. The molecule has 0 saturated carbocycles. The first-order valence-electron chi connectivity index (χ1n) is 6.58. The molecule has 0 fully saturated rings. The topological polar surface area (TPSA) is 46.2 Å². The van der Waals surface area contributed by atoms with Crippen LogP contribution in [0.15, 0.2) is 53.9 Å². The van der Waals surface area contributed by atoms with E-state index in [9.17, 15) is 17.2 Å². The van der Waals surface area contributed by atoms with Crippen molar-refractivity contribution in [1.82, 2.24) is 4.72 Å². The highest BCUT2D eigenvalue weighted by molar-refractivity contribution is 7.92. The number of halogens is 2. The molecule has 116 valence electrons. The van der Waals surface area contributed by atoms with Crippen LogP contribution in [-0.2, 0) is 10.0 Å². The molecule has 0 heterocycles. The van der Waals surface area contributed by atoms with E-state index < -0.39 is 27.7 Å². The van der Waals surface area contributed by atoms with Crippen molar-refractivity contribution < 1.29 is 17.2 Å². The van der Waals surface area contributed by atoms with Crippen LogP contribution >= 0.6 is 0 Å². The summed E-state index contributed by atoms with van der Waals surface area (Å²) in [5, 5.41) is 1.04. The fraction of sp³-hybridized carbons (Fsp3) is 0.125. The zero-order valence-electron chi connectivity index (χ0n) is 11.8. The third-order valence-electron chi connectivity index (χ3n) is 3.02. The molecule has 0 amide bonds. The summed E-state index contributed by atoms with van der Waals surface area (Å²) >= 11 is 0. The number of rotatable bonds is 5.